The van der Waals surface area contributed by atoms with Crippen molar-refractivity contribution < 1.29 is 19.1 Å². The van der Waals surface area contributed by atoms with Gasteiger partial charge in [0.25, 0.3) is 0 Å². The summed E-state index contributed by atoms with van der Waals surface area (Å²) in [6.07, 6.45) is 1.39. The van der Waals surface area contributed by atoms with Gasteiger partial charge < -0.3 is 20.1 Å². The fourth-order valence-electron chi connectivity index (χ4n) is 2.66. The van der Waals surface area contributed by atoms with Gasteiger partial charge in [-0.1, -0.05) is 49.1 Å². The first-order valence-electron chi connectivity index (χ1n) is 9.92. The molecular weight excluding hydrogens is 380 g/mol. The lowest BCUT2D eigenvalue weighted by Crippen LogP contribution is -2.38. The maximum absolute atomic E-state index is 12.4. The van der Waals surface area contributed by atoms with Gasteiger partial charge in [-0.3, -0.25) is 4.79 Å². The molecule has 0 saturated carbocycles. The largest absolute Gasteiger partial charge is 0.489 e. The highest BCUT2D eigenvalue weighted by Gasteiger charge is 2.15. The Morgan fingerprint density at radius 1 is 1.03 bits per heavy atom. The molecular formula is C24H30N2O4. The molecule has 0 aliphatic heterocycles. The van der Waals surface area contributed by atoms with Crippen molar-refractivity contribution in [1.29, 1.82) is 0 Å². The average molecular weight is 411 g/mol. The van der Waals surface area contributed by atoms with E-state index in [1.54, 1.807) is 26.8 Å². The Hall–Kier alpha value is -3.28. The normalized spacial score (nSPS) is 10.8. The molecule has 0 spiro atoms. The number of hydrogen-bond donors (Lipinski definition) is 2. The van der Waals surface area contributed by atoms with Crippen LogP contribution in [0.2, 0.25) is 0 Å². The first-order valence-corrected chi connectivity index (χ1v) is 9.92. The van der Waals surface area contributed by atoms with Gasteiger partial charge in [-0.15, -0.1) is 0 Å². The summed E-state index contributed by atoms with van der Waals surface area (Å²) < 4.78 is 11.1. The summed E-state index contributed by atoms with van der Waals surface area (Å²) in [5.74, 6) is 0.498. The second kappa shape index (κ2) is 11.0. The Morgan fingerprint density at radius 3 is 2.40 bits per heavy atom. The van der Waals surface area contributed by atoms with Crippen LogP contribution in [0.3, 0.4) is 0 Å². The second-order valence-electron chi connectivity index (χ2n) is 7.80. The van der Waals surface area contributed by atoms with Crippen LogP contribution in [0, 0.1) is 0 Å². The minimum Gasteiger partial charge on any atom is -0.489 e. The van der Waals surface area contributed by atoms with E-state index in [4.69, 9.17) is 9.47 Å². The summed E-state index contributed by atoms with van der Waals surface area (Å²) in [6, 6.07) is 15.5. The van der Waals surface area contributed by atoms with E-state index < -0.39 is 11.7 Å². The second-order valence-corrected chi connectivity index (χ2v) is 7.80. The van der Waals surface area contributed by atoms with Crippen LogP contribution >= 0.6 is 0 Å². The lowest BCUT2D eigenvalue weighted by molar-refractivity contribution is -0.120. The van der Waals surface area contributed by atoms with Crippen LogP contribution < -0.4 is 15.4 Å². The summed E-state index contributed by atoms with van der Waals surface area (Å²) in [6.45, 7) is 10.2. The molecule has 2 rings (SSSR count). The average Bonchev–Trinajstić information content (AvgIpc) is 2.69. The van der Waals surface area contributed by atoms with Crippen LogP contribution in [0.25, 0.3) is 6.08 Å². The number of hydrogen-bond acceptors (Lipinski definition) is 4. The smallest absolute Gasteiger partial charge is 0.407 e. The third-order valence-electron chi connectivity index (χ3n) is 4.02. The van der Waals surface area contributed by atoms with Gasteiger partial charge in [-0.05, 0) is 44.0 Å². The maximum atomic E-state index is 12.4. The predicted octanol–water partition coefficient (Wildman–Crippen LogP) is 4.09. The molecule has 0 radical (unpaired) electrons. The fraction of sp³-hybridized carbons (Fsp3) is 0.333. The SMILES string of the molecule is C=Cc1ccc(OCc2ccccc2)c(CC(=O)NCCNC(=O)OC(C)(C)C)c1. The van der Waals surface area contributed by atoms with Crippen LogP contribution in [0.4, 0.5) is 4.79 Å². The van der Waals surface area contributed by atoms with E-state index in [1.165, 1.54) is 0 Å². The van der Waals surface area contributed by atoms with Crippen LogP contribution in [0.1, 0.15) is 37.5 Å². The molecule has 2 amide bonds. The molecule has 0 saturated heterocycles. The number of carbonyl (C=O) groups excluding carboxylic acids is 2. The molecule has 160 valence electrons. The van der Waals surface area contributed by atoms with Crippen molar-refractivity contribution in [3.8, 4) is 5.75 Å². The van der Waals surface area contributed by atoms with E-state index in [0.717, 1.165) is 16.7 Å². The van der Waals surface area contributed by atoms with Gasteiger partial charge in [0.1, 0.15) is 18.0 Å². The lowest BCUT2D eigenvalue weighted by atomic mass is 10.1. The van der Waals surface area contributed by atoms with Crippen molar-refractivity contribution in [2.75, 3.05) is 13.1 Å². The number of benzene rings is 2. The fourth-order valence-corrected chi connectivity index (χ4v) is 2.66. The Kier molecular flexibility index (Phi) is 8.47. The molecule has 2 N–H and O–H groups in total. The van der Waals surface area contributed by atoms with Crippen molar-refractivity contribution in [3.05, 3.63) is 71.8 Å². The van der Waals surface area contributed by atoms with Crippen LogP contribution in [-0.4, -0.2) is 30.7 Å². The molecule has 0 aliphatic rings. The molecule has 0 aromatic heterocycles. The van der Waals surface area contributed by atoms with E-state index >= 15 is 0 Å². The molecule has 0 atom stereocenters. The number of nitrogens with one attached hydrogen (secondary N) is 2. The van der Waals surface area contributed by atoms with Gasteiger partial charge in [0.15, 0.2) is 0 Å². The van der Waals surface area contributed by atoms with Gasteiger partial charge >= 0.3 is 6.09 Å². The lowest BCUT2D eigenvalue weighted by Gasteiger charge is -2.19. The summed E-state index contributed by atoms with van der Waals surface area (Å²) >= 11 is 0. The third-order valence-corrected chi connectivity index (χ3v) is 4.02. The summed E-state index contributed by atoms with van der Waals surface area (Å²) in [5, 5.41) is 5.41. The molecule has 2 aromatic carbocycles. The highest BCUT2D eigenvalue weighted by Crippen LogP contribution is 2.23. The molecule has 0 bridgehead atoms. The molecule has 0 fully saturated rings. The first-order chi connectivity index (χ1) is 14.3. The molecule has 6 heteroatoms. The van der Waals surface area contributed by atoms with Crippen molar-refractivity contribution in [1.82, 2.24) is 10.6 Å². The number of carbonyl (C=O) groups is 2. The third kappa shape index (κ3) is 8.39. The van der Waals surface area contributed by atoms with Crippen molar-refractivity contribution in [2.24, 2.45) is 0 Å². The van der Waals surface area contributed by atoms with Gasteiger partial charge in [0.05, 0.1) is 6.42 Å². The monoisotopic (exact) mass is 410 g/mol. The van der Waals surface area contributed by atoms with E-state index in [9.17, 15) is 9.59 Å². The minimum atomic E-state index is -0.556. The number of amides is 2. The minimum absolute atomic E-state index is 0.160. The number of rotatable bonds is 9. The first kappa shape index (κ1) is 23.0. The van der Waals surface area contributed by atoms with Crippen molar-refractivity contribution >= 4 is 18.1 Å². The molecule has 30 heavy (non-hydrogen) atoms. The van der Waals surface area contributed by atoms with Gasteiger partial charge in [0, 0.05) is 18.7 Å². The molecule has 2 aromatic rings. The Labute approximate surface area is 178 Å². The van der Waals surface area contributed by atoms with Gasteiger partial charge in [-0.2, -0.15) is 0 Å². The Balaban J connectivity index is 1.88. The van der Waals surface area contributed by atoms with E-state index in [2.05, 4.69) is 17.2 Å². The summed E-state index contributed by atoms with van der Waals surface area (Å²) in [4.78, 5) is 24.0. The van der Waals surface area contributed by atoms with Crippen LogP contribution in [0.5, 0.6) is 5.75 Å². The zero-order chi connectivity index (χ0) is 22.0. The summed E-state index contributed by atoms with van der Waals surface area (Å²) in [7, 11) is 0. The summed E-state index contributed by atoms with van der Waals surface area (Å²) in [5.41, 5.74) is 2.19. The number of ether oxygens (including phenoxy) is 2. The van der Waals surface area contributed by atoms with Gasteiger partial charge in [-0.25, -0.2) is 4.79 Å². The molecule has 0 heterocycles. The highest BCUT2D eigenvalue weighted by atomic mass is 16.6. The van der Waals surface area contributed by atoms with E-state index in [0.29, 0.717) is 18.9 Å². The highest BCUT2D eigenvalue weighted by molar-refractivity contribution is 5.79. The standard InChI is InChI=1S/C24H30N2O4/c1-5-18-11-12-21(29-17-19-9-7-6-8-10-19)20(15-18)16-22(27)25-13-14-26-23(28)30-24(2,3)4/h5-12,15H,1,13-14,16-17H2,2-4H3,(H,25,27)(H,26,28). The van der Waals surface area contributed by atoms with Crippen molar-refractivity contribution in [3.63, 3.8) is 0 Å². The van der Waals surface area contributed by atoms with Crippen molar-refractivity contribution in [2.45, 2.75) is 39.4 Å². The zero-order valence-electron chi connectivity index (χ0n) is 17.9. The quantitative estimate of drug-likeness (QED) is 0.611. The van der Waals surface area contributed by atoms with E-state index in [-0.39, 0.29) is 18.9 Å². The van der Waals surface area contributed by atoms with Crippen LogP contribution in [0.15, 0.2) is 55.1 Å². The maximum Gasteiger partial charge on any atom is 0.407 e. The number of alkyl carbamates (subject to hydrolysis) is 1. The zero-order valence-corrected chi connectivity index (χ0v) is 17.9. The Morgan fingerprint density at radius 2 is 1.73 bits per heavy atom. The topological polar surface area (TPSA) is 76.7 Å². The molecule has 6 nitrogen and oxygen atoms in total. The van der Waals surface area contributed by atoms with Crippen LogP contribution in [-0.2, 0) is 22.6 Å². The Bertz CT molecular complexity index is 857. The molecule has 0 aliphatic carbocycles. The van der Waals surface area contributed by atoms with E-state index in [1.807, 2.05) is 48.5 Å². The molecule has 0 unspecified atom stereocenters. The van der Waals surface area contributed by atoms with Gasteiger partial charge in [0.2, 0.25) is 5.91 Å². The predicted molar refractivity (Wildman–Crippen MR) is 118 cm³/mol.